The van der Waals surface area contributed by atoms with E-state index in [0.717, 1.165) is 39.1 Å². The van der Waals surface area contributed by atoms with Crippen LogP contribution in [-0.4, -0.2) is 51.7 Å². The lowest BCUT2D eigenvalue weighted by Gasteiger charge is -2.32. The van der Waals surface area contributed by atoms with E-state index in [4.69, 9.17) is 0 Å². The molecule has 0 aliphatic rings. The zero-order chi connectivity index (χ0) is 13.1. The second-order valence-corrected chi connectivity index (χ2v) is 5.30. The predicted molar refractivity (Wildman–Crippen MR) is 77.3 cm³/mol. The van der Waals surface area contributed by atoms with Crippen LogP contribution in [0.2, 0.25) is 0 Å². The summed E-state index contributed by atoms with van der Waals surface area (Å²) in [7, 11) is 4.27. The van der Waals surface area contributed by atoms with Crippen molar-refractivity contribution in [1.82, 2.24) is 15.5 Å². The van der Waals surface area contributed by atoms with Crippen LogP contribution in [0, 0.1) is 12.3 Å². The average Bonchev–Trinajstić information content (AvgIpc) is 2.24. The Bertz CT molecular complexity index is 171. The van der Waals surface area contributed by atoms with E-state index in [2.05, 4.69) is 50.4 Å². The maximum absolute atomic E-state index is 4.47. The fourth-order valence-corrected chi connectivity index (χ4v) is 2.25. The Morgan fingerprint density at radius 1 is 1.00 bits per heavy atom. The lowest BCUT2D eigenvalue weighted by molar-refractivity contribution is 0.213. The summed E-state index contributed by atoms with van der Waals surface area (Å²) in [6.45, 7) is 14.2. The summed E-state index contributed by atoms with van der Waals surface area (Å²) in [5, 5.41) is 6.79. The van der Waals surface area contributed by atoms with Crippen LogP contribution in [0.25, 0.3) is 0 Å². The minimum Gasteiger partial charge on any atom is -0.317 e. The quantitative estimate of drug-likeness (QED) is 0.541. The highest BCUT2D eigenvalue weighted by molar-refractivity contribution is 4.85. The van der Waals surface area contributed by atoms with Gasteiger partial charge in [-0.3, -0.25) is 0 Å². The third-order valence-corrected chi connectivity index (χ3v) is 3.04. The predicted octanol–water partition coefficient (Wildman–Crippen LogP) is 1.76. The van der Waals surface area contributed by atoms with Crippen molar-refractivity contribution >= 4 is 0 Å². The van der Waals surface area contributed by atoms with Gasteiger partial charge in [-0.15, -0.1) is 0 Å². The van der Waals surface area contributed by atoms with Gasteiger partial charge in [0.05, 0.1) is 0 Å². The summed E-state index contributed by atoms with van der Waals surface area (Å²) in [6.07, 6.45) is 3.58. The molecule has 1 unspecified atom stereocenters. The molecule has 0 aromatic carbocycles. The first-order chi connectivity index (χ1) is 8.04. The molecule has 0 heterocycles. The maximum Gasteiger partial charge on any atom is 0.00324 e. The van der Waals surface area contributed by atoms with Crippen molar-refractivity contribution in [3.63, 3.8) is 0 Å². The molecular weight excluding hydrogens is 210 g/mol. The van der Waals surface area contributed by atoms with Gasteiger partial charge in [-0.2, -0.15) is 0 Å². The molecule has 103 valence electrons. The van der Waals surface area contributed by atoms with Crippen LogP contribution in [0.15, 0.2) is 0 Å². The number of rotatable bonds is 11. The van der Waals surface area contributed by atoms with Crippen LogP contribution < -0.4 is 10.6 Å². The van der Waals surface area contributed by atoms with E-state index in [9.17, 15) is 0 Å². The number of hydrogen-bond acceptors (Lipinski definition) is 3. The summed E-state index contributed by atoms with van der Waals surface area (Å²) in [5.74, 6) is 0. The molecular formula is C14H32N3. The molecule has 17 heavy (non-hydrogen) atoms. The molecule has 1 radical (unpaired) electrons. The van der Waals surface area contributed by atoms with Gasteiger partial charge in [0.1, 0.15) is 0 Å². The molecule has 0 spiro atoms. The first kappa shape index (κ1) is 16.9. The van der Waals surface area contributed by atoms with Crippen molar-refractivity contribution in [3.8, 4) is 0 Å². The molecule has 0 rings (SSSR count). The van der Waals surface area contributed by atoms with Gasteiger partial charge in [0.25, 0.3) is 0 Å². The lowest BCUT2D eigenvalue weighted by atomic mass is 9.81. The standard InChI is InChI=1S/C14H32N3/c1-6-15-11-8-9-14(3,13-17(4)5)10-12-16-7-2/h15-16H,3,6-13H2,1-2,4-5H3. The molecule has 0 saturated carbocycles. The molecule has 2 N–H and O–H groups in total. The van der Waals surface area contributed by atoms with Crippen LogP contribution in [0.4, 0.5) is 0 Å². The fraction of sp³-hybridized carbons (Fsp3) is 0.929. The first-order valence-corrected chi connectivity index (χ1v) is 6.95. The van der Waals surface area contributed by atoms with Crippen molar-refractivity contribution in [2.75, 3.05) is 46.8 Å². The van der Waals surface area contributed by atoms with Crippen LogP contribution in [0.5, 0.6) is 0 Å². The summed E-state index contributed by atoms with van der Waals surface area (Å²) < 4.78 is 0. The lowest BCUT2D eigenvalue weighted by Crippen LogP contribution is -2.35. The summed E-state index contributed by atoms with van der Waals surface area (Å²) in [4.78, 5) is 2.26. The highest BCUT2D eigenvalue weighted by atomic mass is 15.1. The van der Waals surface area contributed by atoms with Gasteiger partial charge in [-0.05, 0) is 71.9 Å². The number of nitrogens with one attached hydrogen (secondary N) is 2. The SMILES string of the molecule is [CH2]C(CCCNCC)(CCNCC)CN(C)C. The van der Waals surface area contributed by atoms with Crippen LogP contribution in [0.3, 0.4) is 0 Å². The normalized spacial score (nSPS) is 15.2. The Kier molecular flexibility index (Phi) is 9.79. The van der Waals surface area contributed by atoms with E-state index >= 15 is 0 Å². The van der Waals surface area contributed by atoms with Crippen molar-refractivity contribution in [2.24, 2.45) is 5.41 Å². The highest BCUT2D eigenvalue weighted by Crippen LogP contribution is 2.27. The van der Waals surface area contributed by atoms with E-state index in [0.29, 0.717) is 0 Å². The summed E-state index contributed by atoms with van der Waals surface area (Å²) >= 11 is 0. The largest absolute Gasteiger partial charge is 0.317 e. The van der Waals surface area contributed by atoms with Gasteiger partial charge < -0.3 is 15.5 Å². The van der Waals surface area contributed by atoms with Gasteiger partial charge in [0.2, 0.25) is 0 Å². The van der Waals surface area contributed by atoms with Gasteiger partial charge in [0, 0.05) is 6.54 Å². The Morgan fingerprint density at radius 3 is 2.12 bits per heavy atom. The Labute approximate surface area is 108 Å². The molecule has 0 saturated heterocycles. The molecule has 0 aromatic rings. The third kappa shape index (κ3) is 9.57. The Balaban J connectivity index is 3.99. The Hall–Kier alpha value is -0.120. The van der Waals surface area contributed by atoms with Crippen LogP contribution in [-0.2, 0) is 0 Å². The van der Waals surface area contributed by atoms with Crippen LogP contribution >= 0.6 is 0 Å². The molecule has 0 aliphatic carbocycles. The zero-order valence-corrected chi connectivity index (χ0v) is 12.3. The van der Waals surface area contributed by atoms with Gasteiger partial charge in [-0.25, -0.2) is 0 Å². The molecule has 0 bridgehead atoms. The van der Waals surface area contributed by atoms with E-state index in [1.807, 2.05) is 0 Å². The monoisotopic (exact) mass is 242 g/mol. The molecule has 3 heteroatoms. The van der Waals surface area contributed by atoms with Gasteiger partial charge >= 0.3 is 0 Å². The second-order valence-electron chi connectivity index (χ2n) is 5.30. The maximum atomic E-state index is 4.47. The third-order valence-electron chi connectivity index (χ3n) is 3.04. The summed E-state index contributed by atoms with van der Waals surface area (Å²) in [5.41, 5.74) is 0.196. The molecule has 0 aromatic heterocycles. The molecule has 1 atom stereocenters. The van der Waals surface area contributed by atoms with Crippen molar-refractivity contribution in [3.05, 3.63) is 6.92 Å². The summed E-state index contributed by atoms with van der Waals surface area (Å²) in [6, 6.07) is 0. The molecule has 0 fully saturated rings. The van der Waals surface area contributed by atoms with Gasteiger partial charge in [-0.1, -0.05) is 13.8 Å². The van der Waals surface area contributed by atoms with Crippen molar-refractivity contribution in [2.45, 2.75) is 33.1 Å². The smallest absolute Gasteiger partial charge is 0.00324 e. The highest BCUT2D eigenvalue weighted by Gasteiger charge is 2.24. The average molecular weight is 242 g/mol. The minimum absolute atomic E-state index is 0.196. The molecule has 0 amide bonds. The van der Waals surface area contributed by atoms with E-state index < -0.39 is 0 Å². The zero-order valence-electron chi connectivity index (χ0n) is 12.3. The van der Waals surface area contributed by atoms with Gasteiger partial charge in [0.15, 0.2) is 0 Å². The topological polar surface area (TPSA) is 27.3 Å². The first-order valence-electron chi connectivity index (χ1n) is 6.95. The molecule has 0 aliphatic heterocycles. The fourth-order valence-electron chi connectivity index (χ4n) is 2.25. The minimum atomic E-state index is 0.196. The van der Waals surface area contributed by atoms with Crippen molar-refractivity contribution < 1.29 is 0 Å². The number of nitrogens with zero attached hydrogens (tertiary/aromatic N) is 1. The van der Waals surface area contributed by atoms with E-state index in [1.165, 1.54) is 12.8 Å². The van der Waals surface area contributed by atoms with E-state index in [-0.39, 0.29) is 5.41 Å². The van der Waals surface area contributed by atoms with Crippen molar-refractivity contribution in [1.29, 1.82) is 0 Å². The van der Waals surface area contributed by atoms with E-state index in [1.54, 1.807) is 0 Å². The number of hydrogen-bond donors (Lipinski definition) is 2. The molecule has 3 nitrogen and oxygen atoms in total. The van der Waals surface area contributed by atoms with Crippen LogP contribution in [0.1, 0.15) is 33.1 Å². The second kappa shape index (κ2) is 9.86. The Morgan fingerprint density at radius 2 is 1.59 bits per heavy atom.